The third kappa shape index (κ3) is 3.22. The number of amides is 1. The van der Waals surface area contributed by atoms with E-state index in [4.69, 9.17) is 9.47 Å². The van der Waals surface area contributed by atoms with Crippen molar-refractivity contribution < 1.29 is 14.3 Å². The number of benzene rings is 2. The van der Waals surface area contributed by atoms with E-state index in [9.17, 15) is 4.79 Å². The summed E-state index contributed by atoms with van der Waals surface area (Å²) in [6.45, 7) is 10.9. The van der Waals surface area contributed by atoms with Crippen LogP contribution in [0.15, 0.2) is 60.7 Å². The summed E-state index contributed by atoms with van der Waals surface area (Å²) in [4.78, 5) is 15.3. The summed E-state index contributed by atoms with van der Waals surface area (Å²) in [5.41, 5.74) is 0.899. The third-order valence-corrected chi connectivity index (χ3v) is 7.04. The Morgan fingerprint density at radius 2 is 1.47 bits per heavy atom. The van der Waals surface area contributed by atoms with Crippen LogP contribution in [-0.2, 0) is 15.1 Å². The first kappa shape index (κ1) is 20.9. The first-order chi connectivity index (χ1) is 14.3. The van der Waals surface area contributed by atoms with E-state index in [0.29, 0.717) is 5.92 Å². The zero-order valence-corrected chi connectivity index (χ0v) is 18.7. The maximum Gasteiger partial charge on any atom is 0.413 e. The standard InChI is InChI=1S/C26H33NO3/c1-18(2)23-26(20-12-8-6-9-13-20,21-14-10-7-11-15-21)30-24(28)27(23)22-16-17-25(5,29-22)19(3)4/h6-15,18-19,22-23H,16-17H2,1-5H3/t22?,23-,25-/m0/s1. The molecule has 4 heteroatoms. The fourth-order valence-electron chi connectivity index (χ4n) is 5.10. The fourth-order valence-corrected chi connectivity index (χ4v) is 5.10. The molecular weight excluding hydrogens is 374 g/mol. The van der Waals surface area contributed by atoms with Crippen molar-refractivity contribution in [1.29, 1.82) is 0 Å². The molecule has 2 aliphatic heterocycles. The number of hydrogen-bond donors (Lipinski definition) is 0. The number of cyclic esters (lactones) is 1. The monoisotopic (exact) mass is 407 g/mol. The molecule has 2 aromatic rings. The van der Waals surface area contributed by atoms with Crippen molar-refractivity contribution in [3.63, 3.8) is 0 Å². The maximum absolute atomic E-state index is 13.4. The SMILES string of the molecule is CC(C)[C@@H]1N(C2CC[C@@](C)(C(C)C)O2)C(=O)OC1(c1ccccc1)c1ccccc1. The second-order valence-corrected chi connectivity index (χ2v) is 9.51. The highest BCUT2D eigenvalue weighted by atomic mass is 16.6. The largest absolute Gasteiger partial charge is 0.431 e. The Balaban J connectivity index is 1.83. The van der Waals surface area contributed by atoms with Crippen molar-refractivity contribution in [2.24, 2.45) is 11.8 Å². The first-order valence-corrected chi connectivity index (χ1v) is 11.1. The van der Waals surface area contributed by atoms with Gasteiger partial charge in [0.25, 0.3) is 0 Å². The molecule has 0 N–H and O–H groups in total. The molecule has 2 saturated heterocycles. The van der Waals surface area contributed by atoms with E-state index in [-0.39, 0.29) is 29.9 Å². The van der Waals surface area contributed by atoms with Gasteiger partial charge in [0, 0.05) is 11.1 Å². The second-order valence-electron chi connectivity index (χ2n) is 9.51. The normalized spacial score (nSPS) is 28.4. The quantitative estimate of drug-likeness (QED) is 0.614. The van der Waals surface area contributed by atoms with E-state index < -0.39 is 5.60 Å². The summed E-state index contributed by atoms with van der Waals surface area (Å²) in [5.74, 6) is 0.554. The summed E-state index contributed by atoms with van der Waals surface area (Å²) < 4.78 is 12.9. The van der Waals surface area contributed by atoms with E-state index in [0.717, 1.165) is 24.0 Å². The van der Waals surface area contributed by atoms with Crippen molar-refractivity contribution in [2.75, 3.05) is 0 Å². The Kier molecular flexibility index (Phi) is 5.39. The number of carbonyl (C=O) groups excluding carboxylic acids is 1. The van der Waals surface area contributed by atoms with Gasteiger partial charge in [0.2, 0.25) is 0 Å². The van der Waals surface area contributed by atoms with Crippen LogP contribution in [0.5, 0.6) is 0 Å². The first-order valence-electron chi connectivity index (χ1n) is 11.1. The van der Waals surface area contributed by atoms with Crippen LogP contribution in [-0.4, -0.2) is 28.9 Å². The lowest BCUT2D eigenvalue weighted by molar-refractivity contribution is -0.114. The Hall–Kier alpha value is -2.33. The zero-order chi connectivity index (χ0) is 21.5. The van der Waals surface area contributed by atoms with E-state index in [1.165, 1.54) is 0 Å². The van der Waals surface area contributed by atoms with E-state index in [1.54, 1.807) is 0 Å². The van der Waals surface area contributed by atoms with Gasteiger partial charge >= 0.3 is 6.09 Å². The molecule has 4 nitrogen and oxygen atoms in total. The summed E-state index contributed by atoms with van der Waals surface area (Å²) in [6.07, 6.45) is 1.20. The van der Waals surface area contributed by atoms with Crippen molar-refractivity contribution >= 4 is 6.09 Å². The van der Waals surface area contributed by atoms with Crippen LogP contribution in [0.1, 0.15) is 58.6 Å². The zero-order valence-electron chi connectivity index (χ0n) is 18.7. The van der Waals surface area contributed by atoms with Gasteiger partial charge in [-0.15, -0.1) is 0 Å². The topological polar surface area (TPSA) is 38.8 Å². The molecule has 2 aliphatic rings. The summed E-state index contributed by atoms with van der Waals surface area (Å²) in [7, 11) is 0. The molecule has 30 heavy (non-hydrogen) atoms. The molecule has 4 rings (SSSR count). The van der Waals surface area contributed by atoms with Gasteiger partial charge in [0.05, 0.1) is 11.6 Å². The number of hydrogen-bond acceptors (Lipinski definition) is 3. The van der Waals surface area contributed by atoms with E-state index in [2.05, 4.69) is 58.9 Å². The number of ether oxygens (including phenoxy) is 2. The Morgan fingerprint density at radius 3 is 1.90 bits per heavy atom. The average molecular weight is 408 g/mol. The molecule has 2 aromatic carbocycles. The minimum Gasteiger partial charge on any atom is -0.431 e. The fraction of sp³-hybridized carbons (Fsp3) is 0.500. The molecular formula is C26H33NO3. The number of nitrogens with zero attached hydrogens (tertiary/aromatic N) is 1. The molecule has 0 bridgehead atoms. The number of rotatable bonds is 5. The Bertz CT molecular complexity index is 840. The van der Waals surface area contributed by atoms with Gasteiger partial charge in [-0.05, 0) is 31.6 Å². The van der Waals surface area contributed by atoms with Gasteiger partial charge in [-0.3, -0.25) is 4.90 Å². The smallest absolute Gasteiger partial charge is 0.413 e. The minimum atomic E-state index is -0.867. The third-order valence-electron chi connectivity index (χ3n) is 7.04. The van der Waals surface area contributed by atoms with Gasteiger partial charge < -0.3 is 9.47 Å². The van der Waals surface area contributed by atoms with Gasteiger partial charge in [0.15, 0.2) is 5.60 Å². The van der Waals surface area contributed by atoms with E-state index >= 15 is 0 Å². The summed E-state index contributed by atoms with van der Waals surface area (Å²) >= 11 is 0. The van der Waals surface area contributed by atoms with Crippen LogP contribution >= 0.6 is 0 Å². The highest BCUT2D eigenvalue weighted by Gasteiger charge is 2.60. The van der Waals surface area contributed by atoms with Crippen LogP contribution in [0.25, 0.3) is 0 Å². The van der Waals surface area contributed by atoms with Crippen molar-refractivity contribution in [1.82, 2.24) is 4.90 Å². The predicted molar refractivity (Wildman–Crippen MR) is 118 cm³/mol. The summed E-state index contributed by atoms with van der Waals surface area (Å²) in [6, 6.07) is 20.1. The van der Waals surface area contributed by atoms with Crippen molar-refractivity contribution in [3.05, 3.63) is 71.8 Å². The lowest BCUT2D eigenvalue weighted by Gasteiger charge is -2.40. The molecule has 2 heterocycles. The minimum absolute atomic E-state index is 0.172. The second kappa shape index (κ2) is 7.73. The molecule has 0 aromatic heterocycles. The molecule has 160 valence electrons. The lowest BCUT2D eigenvalue weighted by Crippen LogP contribution is -2.51. The molecule has 0 radical (unpaired) electrons. The highest BCUT2D eigenvalue weighted by molar-refractivity contribution is 5.74. The molecule has 3 atom stereocenters. The average Bonchev–Trinajstić information content (AvgIpc) is 3.28. The molecule has 1 unspecified atom stereocenters. The number of carbonyl (C=O) groups is 1. The van der Waals surface area contributed by atoms with Crippen LogP contribution < -0.4 is 0 Å². The van der Waals surface area contributed by atoms with Gasteiger partial charge in [-0.25, -0.2) is 4.79 Å². The van der Waals surface area contributed by atoms with Crippen LogP contribution in [0.2, 0.25) is 0 Å². The molecule has 1 amide bonds. The van der Waals surface area contributed by atoms with Crippen LogP contribution in [0.4, 0.5) is 4.79 Å². The van der Waals surface area contributed by atoms with Gasteiger partial charge in [-0.1, -0.05) is 88.4 Å². The molecule has 0 spiro atoms. The van der Waals surface area contributed by atoms with Gasteiger partial charge in [-0.2, -0.15) is 0 Å². The lowest BCUT2D eigenvalue weighted by atomic mass is 9.75. The maximum atomic E-state index is 13.4. The molecule has 0 saturated carbocycles. The molecule has 0 aliphatic carbocycles. The highest BCUT2D eigenvalue weighted by Crippen LogP contribution is 2.50. The van der Waals surface area contributed by atoms with Gasteiger partial charge in [0.1, 0.15) is 6.23 Å². The predicted octanol–water partition coefficient (Wildman–Crippen LogP) is 5.96. The van der Waals surface area contributed by atoms with Crippen molar-refractivity contribution in [2.45, 2.75) is 70.9 Å². The van der Waals surface area contributed by atoms with E-state index in [1.807, 2.05) is 41.3 Å². The van der Waals surface area contributed by atoms with Crippen LogP contribution in [0.3, 0.4) is 0 Å². The van der Waals surface area contributed by atoms with Crippen molar-refractivity contribution in [3.8, 4) is 0 Å². The Morgan fingerprint density at radius 1 is 0.933 bits per heavy atom. The molecule has 2 fully saturated rings. The van der Waals surface area contributed by atoms with Crippen LogP contribution in [0, 0.1) is 11.8 Å². The Labute approximate surface area is 180 Å². The summed E-state index contributed by atoms with van der Waals surface area (Å²) in [5, 5.41) is 0.